The van der Waals surface area contributed by atoms with Crippen molar-refractivity contribution in [1.82, 2.24) is 14.5 Å². The number of quaternary nitrogens is 1. The summed E-state index contributed by atoms with van der Waals surface area (Å²) in [6.07, 6.45) is 0. The molecule has 1 aliphatic heterocycles. The molecule has 4 rings (SSSR count). The van der Waals surface area contributed by atoms with E-state index in [2.05, 4.69) is 39.2 Å². The first-order chi connectivity index (χ1) is 12.5. The van der Waals surface area contributed by atoms with Crippen LogP contribution in [0.5, 0.6) is 0 Å². The Labute approximate surface area is 151 Å². The molecule has 130 valence electrons. The average molecular weight is 365 g/mol. The normalized spacial score (nSPS) is 15.2. The van der Waals surface area contributed by atoms with E-state index in [9.17, 15) is 9.59 Å². The highest BCUT2D eigenvalue weighted by Gasteiger charge is 2.39. The van der Waals surface area contributed by atoms with Crippen LogP contribution in [-0.2, 0) is 0 Å². The summed E-state index contributed by atoms with van der Waals surface area (Å²) in [4.78, 5) is 33.3. The van der Waals surface area contributed by atoms with Crippen LogP contribution in [0.15, 0.2) is 69.2 Å². The van der Waals surface area contributed by atoms with E-state index in [1.165, 1.54) is 0 Å². The van der Waals surface area contributed by atoms with Crippen molar-refractivity contribution in [3.8, 4) is 11.1 Å². The van der Waals surface area contributed by atoms with E-state index in [0.29, 0.717) is 5.82 Å². The SMILES string of the molecule is C[N+]1(C)C(Pc2ccccc2-c2ccccc2)=Nc2c1[nH]c(=O)[nH]c2=O. The highest BCUT2D eigenvalue weighted by molar-refractivity contribution is 7.66. The van der Waals surface area contributed by atoms with Gasteiger partial charge in [-0.25, -0.2) is 9.28 Å². The fourth-order valence-corrected chi connectivity index (χ4v) is 4.40. The molecule has 0 bridgehead atoms. The molecule has 2 aromatic carbocycles. The number of hydrogen-bond acceptors (Lipinski definition) is 3. The largest absolute Gasteiger partial charge is 0.330 e. The minimum absolute atomic E-state index is 0.260. The topological polar surface area (TPSA) is 78.1 Å². The molecule has 0 spiro atoms. The van der Waals surface area contributed by atoms with Crippen LogP contribution in [0.1, 0.15) is 0 Å². The number of aliphatic imine (C=N–C) groups is 1. The van der Waals surface area contributed by atoms with Gasteiger partial charge in [-0.15, -0.1) is 0 Å². The summed E-state index contributed by atoms with van der Waals surface area (Å²) in [5, 5.41) is 1.15. The fourth-order valence-electron chi connectivity index (χ4n) is 3.06. The molecule has 26 heavy (non-hydrogen) atoms. The van der Waals surface area contributed by atoms with Crippen LogP contribution >= 0.6 is 8.58 Å². The highest BCUT2D eigenvalue weighted by atomic mass is 31.1. The molecule has 7 heteroatoms. The molecule has 2 heterocycles. The van der Waals surface area contributed by atoms with E-state index in [-0.39, 0.29) is 18.8 Å². The second-order valence-corrected chi connectivity index (χ2v) is 7.77. The van der Waals surface area contributed by atoms with Crippen LogP contribution in [-0.4, -0.2) is 29.6 Å². The summed E-state index contributed by atoms with van der Waals surface area (Å²) in [6.45, 7) is 0. The van der Waals surface area contributed by atoms with Gasteiger partial charge in [-0.1, -0.05) is 54.6 Å². The highest BCUT2D eigenvalue weighted by Crippen LogP contribution is 2.38. The maximum atomic E-state index is 12.1. The van der Waals surface area contributed by atoms with Crippen LogP contribution < -0.4 is 21.0 Å². The molecule has 0 saturated heterocycles. The standard InChI is InChI=1S/C19H17N4O2P/c1-23(2)16-15(17(24)22-18(25)21-16)20-19(23)26-14-11-7-6-10-13(14)12-8-4-3-5-9-12/h3-11,26H,1-2H3,(H-,21,22,24,25)/p+1. The molecule has 6 nitrogen and oxygen atoms in total. The number of nitrogens with one attached hydrogen (secondary N) is 2. The van der Waals surface area contributed by atoms with Crippen molar-refractivity contribution in [3.05, 3.63) is 75.4 Å². The molecule has 0 amide bonds. The van der Waals surface area contributed by atoms with E-state index in [1.54, 1.807) is 0 Å². The second kappa shape index (κ2) is 6.16. The zero-order valence-electron chi connectivity index (χ0n) is 14.4. The van der Waals surface area contributed by atoms with E-state index in [1.807, 2.05) is 44.4 Å². The maximum absolute atomic E-state index is 12.1. The number of H-pyrrole nitrogens is 2. The molecular weight excluding hydrogens is 347 g/mol. The Kier molecular flexibility index (Phi) is 3.94. The van der Waals surface area contributed by atoms with Gasteiger partial charge in [0.25, 0.3) is 5.56 Å². The Bertz CT molecular complexity index is 1130. The van der Waals surface area contributed by atoms with Crippen molar-refractivity contribution in [3.63, 3.8) is 0 Å². The molecule has 0 aliphatic carbocycles. The number of aromatic nitrogens is 2. The van der Waals surface area contributed by atoms with Gasteiger partial charge >= 0.3 is 5.69 Å². The average Bonchev–Trinajstić information content (AvgIpc) is 2.88. The van der Waals surface area contributed by atoms with E-state index >= 15 is 0 Å². The molecule has 0 fully saturated rings. The van der Waals surface area contributed by atoms with E-state index < -0.39 is 11.2 Å². The van der Waals surface area contributed by atoms with E-state index in [0.717, 1.165) is 22.0 Å². The molecule has 1 atom stereocenters. The third kappa shape index (κ3) is 2.73. The molecule has 1 aromatic heterocycles. The number of aromatic amines is 2. The third-order valence-corrected chi connectivity index (χ3v) is 6.06. The van der Waals surface area contributed by atoms with Gasteiger partial charge in [0.15, 0.2) is 0 Å². The van der Waals surface area contributed by atoms with Gasteiger partial charge in [0.2, 0.25) is 17.1 Å². The first-order valence-corrected chi connectivity index (χ1v) is 9.19. The summed E-state index contributed by atoms with van der Waals surface area (Å²) in [6, 6.07) is 18.4. The summed E-state index contributed by atoms with van der Waals surface area (Å²) >= 11 is 0. The van der Waals surface area contributed by atoms with E-state index in [4.69, 9.17) is 0 Å². The number of benzene rings is 2. The Morgan fingerprint density at radius 3 is 2.38 bits per heavy atom. The lowest BCUT2D eigenvalue weighted by molar-refractivity contribution is 0.597. The minimum atomic E-state index is -0.510. The third-order valence-electron chi connectivity index (χ3n) is 4.46. The number of hydrogen-bond donors (Lipinski definition) is 2. The molecule has 1 unspecified atom stereocenters. The van der Waals surface area contributed by atoms with Crippen molar-refractivity contribution < 1.29 is 0 Å². The fraction of sp³-hybridized carbons (Fsp3) is 0.105. The van der Waals surface area contributed by atoms with Crippen LogP contribution in [0.2, 0.25) is 0 Å². The summed E-state index contributed by atoms with van der Waals surface area (Å²) in [5.74, 6) is 0.526. The summed E-state index contributed by atoms with van der Waals surface area (Å²) < 4.78 is 0.260. The van der Waals surface area contributed by atoms with Crippen molar-refractivity contribution in [2.75, 3.05) is 14.1 Å². The molecule has 1 aliphatic rings. The van der Waals surface area contributed by atoms with Gasteiger partial charge in [0.1, 0.15) is 0 Å². The quantitative estimate of drug-likeness (QED) is 0.552. The monoisotopic (exact) mass is 365 g/mol. The second-order valence-electron chi connectivity index (χ2n) is 6.53. The molecular formula is C19H18N4O2P+. The van der Waals surface area contributed by atoms with Gasteiger partial charge in [-0.3, -0.25) is 14.8 Å². The Morgan fingerprint density at radius 1 is 0.923 bits per heavy atom. The molecule has 2 N–H and O–H groups in total. The lowest BCUT2D eigenvalue weighted by Gasteiger charge is -2.24. The molecule has 0 saturated carbocycles. The van der Waals surface area contributed by atoms with Crippen LogP contribution in [0.4, 0.5) is 11.5 Å². The van der Waals surface area contributed by atoms with Crippen LogP contribution in [0.3, 0.4) is 0 Å². The number of rotatable bonds is 3. The van der Waals surface area contributed by atoms with Gasteiger partial charge in [0.05, 0.1) is 14.1 Å². The smallest absolute Gasteiger partial charge is 0.272 e. The van der Waals surface area contributed by atoms with Crippen molar-refractivity contribution in [2.45, 2.75) is 0 Å². The molecule has 3 aromatic rings. The van der Waals surface area contributed by atoms with Gasteiger partial charge in [-0.05, 0) is 16.4 Å². The number of nitrogens with zero attached hydrogens (tertiary/aromatic N) is 2. The molecule has 0 radical (unpaired) electrons. The van der Waals surface area contributed by atoms with Crippen molar-refractivity contribution in [1.29, 1.82) is 0 Å². The Morgan fingerprint density at radius 2 is 1.62 bits per heavy atom. The first-order valence-electron chi connectivity index (χ1n) is 8.19. The predicted molar refractivity (Wildman–Crippen MR) is 108 cm³/mol. The Hall–Kier alpha value is -2.82. The van der Waals surface area contributed by atoms with Crippen LogP contribution in [0.25, 0.3) is 11.1 Å². The number of fused-ring (bicyclic) bond motifs is 1. The predicted octanol–water partition coefficient (Wildman–Crippen LogP) is 2.30. The van der Waals surface area contributed by atoms with Gasteiger partial charge in [-0.2, -0.15) is 4.99 Å². The lowest BCUT2D eigenvalue weighted by atomic mass is 10.1. The van der Waals surface area contributed by atoms with Crippen LogP contribution in [0, 0.1) is 0 Å². The number of amidine groups is 1. The zero-order valence-corrected chi connectivity index (χ0v) is 15.4. The van der Waals surface area contributed by atoms with Crippen molar-refractivity contribution >= 4 is 31.0 Å². The van der Waals surface area contributed by atoms with Gasteiger partial charge < -0.3 is 0 Å². The first kappa shape index (κ1) is 16.6. The maximum Gasteiger partial charge on any atom is 0.330 e. The summed E-state index contributed by atoms with van der Waals surface area (Å²) in [5.41, 5.74) is 2.44. The van der Waals surface area contributed by atoms with Gasteiger partial charge in [0, 0.05) is 8.58 Å². The lowest BCUT2D eigenvalue weighted by Crippen LogP contribution is -2.44. The summed E-state index contributed by atoms with van der Waals surface area (Å²) in [7, 11) is 4.13. The van der Waals surface area contributed by atoms with Crippen molar-refractivity contribution in [2.24, 2.45) is 4.99 Å². The zero-order chi connectivity index (χ0) is 18.3. The Balaban J connectivity index is 1.78. The minimum Gasteiger partial charge on any atom is -0.272 e.